The molecular formula is C21H19F6NO3. The average Bonchev–Trinajstić information content (AvgIpc) is 2.71. The van der Waals surface area contributed by atoms with Gasteiger partial charge in [0.05, 0.1) is 37.5 Å². The first-order valence-corrected chi connectivity index (χ1v) is 8.79. The molecule has 4 nitrogen and oxygen atoms in total. The van der Waals surface area contributed by atoms with Gasteiger partial charge in [0.1, 0.15) is 23.9 Å². The van der Waals surface area contributed by atoms with Crippen molar-refractivity contribution in [1.82, 2.24) is 5.32 Å². The van der Waals surface area contributed by atoms with Gasteiger partial charge in [-0.15, -0.1) is 6.42 Å². The second kappa shape index (κ2) is 9.83. The molecule has 168 valence electrons. The number of hydrogen-bond acceptors (Lipinski definition) is 4. The second-order valence-corrected chi connectivity index (χ2v) is 6.32. The molecular weight excluding hydrogens is 428 g/mol. The van der Waals surface area contributed by atoms with Crippen LogP contribution in [0.1, 0.15) is 22.3 Å². The summed E-state index contributed by atoms with van der Waals surface area (Å²) in [7, 11) is 2.78. The Morgan fingerprint density at radius 3 is 1.94 bits per heavy atom. The first-order chi connectivity index (χ1) is 14.5. The van der Waals surface area contributed by atoms with E-state index in [4.69, 9.17) is 20.6 Å². The van der Waals surface area contributed by atoms with Crippen molar-refractivity contribution < 1.29 is 40.6 Å². The first kappa shape index (κ1) is 24.2. The number of alkyl halides is 6. The number of ether oxygens (including phenoxy) is 3. The molecule has 0 bridgehead atoms. The van der Waals surface area contributed by atoms with Crippen molar-refractivity contribution in [2.75, 3.05) is 20.8 Å². The lowest BCUT2D eigenvalue weighted by atomic mass is 10.1. The molecule has 2 aromatic rings. The van der Waals surface area contributed by atoms with Crippen LogP contribution in [-0.4, -0.2) is 20.8 Å². The van der Waals surface area contributed by atoms with Crippen LogP contribution < -0.4 is 19.5 Å². The van der Waals surface area contributed by atoms with Crippen LogP contribution in [0.25, 0.3) is 0 Å². The standard InChI is InChI=1S/C21H19F6NO3/c1-4-5-28-11-17-18(30-3)9-16(29-2)10-19(17)31-12-13-6-14(20(22,23)24)8-15(7-13)21(25,26)27/h1,6-10,28H,5,11-12H2,2-3H3. The van der Waals surface area contributed by atoms with Crippen LogP contribution in [0.2, 0.25) is 0 Å². The highest BCUT2D eigenvalue weighted by Gasteiger charge is 2.37. The van der Waals surface area contributed by atoms with Crippen LogP contribution in [0, 0.1) is 12.3 Å². The molecule has 0 aromatic heterocycles. The fraction of sp³-hybridized carbons (Fsp3) is 0.333. The van der Waals surface area contributed by atoms with Crippen LogP contribution >= 0.6 is 0 Å². The molecule has 1 N–H and O–H groups in total. The lowest BCUT2D eigenvalue weighted by Gasteiger charge is -2.18. The van der Waals surface area contributed by atoms with Gasteiger partial charge in [-0.1, -0.05) is 5.92 Å². The Morgan fingerprint density at radius 2 is 1.45 bits per heavy atom. The van der Waals surface area contributed by atoms with Crippen LogP contribution in [0.15, 0.2) is 30.3 Å². The number of terminal acetylenes is 1. The van der Waals surface area contributed by atoms with E-state index in [0.29, 0.717) is 29.2 Å². The molecule has 0 aliphatic rings. The van der Waals surface area contributed by atoms with Crippen molar-refractivity contribution in [2.45, 2.75) is 25.5 Å². The third kappa shape index (κ3) is 6.46. The van der Waals surface area contributed by atoms with Gasteiger partial charge < -0.3 is 19.5 Å². The normalized spacial score (nSPS) is 11.7. The number of hydrogen-bond donors (Lipinski definition) is 1. The Kier molecular flexibility index (Phi) is 7.68. The molecule has 0 spiro atoms. The molecule has 0 unspecified atom stereocenters. The molecule has 0 saturated heterocycles. The lowest BCUT2D eigenvalue weighted by Crippen LogP contribution is -2.15. The summed E-state index contributed by atoms with van der Waals surface area (Å²) in [6, 6.07) is 4.30. The number of nitrogens with one attached hydrogen (secondary N) is 1. The van der Waals surface area contributed by atoms with Gasteiger partial charge in [0.15, 0.2) is 0 Å². The molecule has 0 radical (unpaired) electrons. The zero-order chi connectivity index (χ0) is 23.2. The van der Waals surface area contributed by atoms with Crippen molar-refractivity contribution in [3.8, 4) is 29.6 Å². The summed E-state index contributed by atoms with van der Waals surface area (Å²) >= 11 is 0. The number of benzene rings is 2. The zero-order valence-corrected chi connectivity index (χ0v) is 16.6. The highest BCUT2D eigenvalue weighted by molar-refractivity contribution is 5.51. The minimum absolute atomic E-state index is 0.0627. The fourth-order valence-corrected chi connectivity index (χ4v) is 2.72. The molecule has 0 amide bonds. The van der Waals surface area contributed by atoms with Gasteiger partial charge >= 0.3 is 12.4 Å². The van der Waals surface area contributed by atoms with Crippen molar-refractivity contribution in [1.29, 1.82) is 0 Å². The third-order valence-corrected chi connectivity index (χ3v) is 4.17. The van der Waals surface area contributed by atoms with Crippen molar-refractivity contribution in [2.24, 2.45) is 0 Å². The third-order valence-electron chi connectivity index (χ3n) is 4.17. The summed E-state index contributed by atoms with van der Waals surface area (Å²) in [4.78, 5) is 0. The molecule has 0 aliphatic heterocycles. The SMILES string of the molecule is C#CCNCc1c(OC)cc(OC)cc1OCc1cc(C(F)(F)F)cc(C(F)(F)F)c1. The lowest BCUT2D eigenvalue weighted by molar-refractivity contribution is -0.143. The van der Waals surface area contributed by atoms with Crippen molar-refractivity contribution in [3.05, 3.63) is 52.6 Å². The minimum atomic E-state index is -4.94. The number of rotatable bonds is 8. The molecule has 10 heteroatoms. The summed E-state index contributed by atoms with van der Waals surface area (Å²) < 4.78 is 94.4. The Labute approximate surface area is 175 Å². The van der Waals surface area contributed by atoms with E-state index < -0.39 is 30.1 Å². The monoisotopic (exact) mass is 447 g/mol. The molecule has 2 rings (SSSR count). The van der Waals surface area contributed by atoms with Crippen molar-refractivity contribution >= 4 is 0 Å². The Balaban J connectivity index is 2.42. The first-order valence-electron chi connectivity index (χ1n) is 8.79. The molecule has 0 fully saturated rings. The second-order valence-electron chi connectivity index (χ2n) is 6.32. The quantitative estimate of drug-likeness (QED) is 0.350. The molecule has 0 aliphatic carbocycles. The molecule has 31 heavy (non-hydrogen) atoms. The topological polar surface area (TPSA) is 39.7 Å². The minimum Gasteiger partial charge on any atom is -0.496 e. The van der Waals surface area contributed by atoms with E-state index in [9.17, 15) is 26.3 Å². The maximum Gasteiger partial charge on any atom is 0.416 e. The van der Waals surface area contributed by atoms with Gasteiger partial charge in [0.2, 0.25) is 0 Å². The van der Waals surface area contributed by atoms with E-state index in [1.54, 1.807) is 6.07 Å². The Hall–Kier alpha value is -3.06. The number of halogens is 6. The average molecular weight is 447 g/mol. The highest BCUT2D eigenvalue weighted by Crippen LogP contribution is 2.38. The van der Waals surface area contributed by atoms with E-state index in [0.717, 1.165) is 0 Å². The summed E-state index contributed by atoms with van der Waals surface area (Å²) in [6.45, 7) is -0.147. The van der Waals surface area contributed by atoms with Crippen molar-refractivity contribution in [3.63, 3.8) is 0 Å². The van der Waals surface area contributed by atoms with Gasteiger partial charge in [0.25, 0.3) is 0 Å². The van der Waals surface area contributed by atoms with Gasteiger partial charge in [-0.3, -0.25) is 0 Å². The summed E-state index contributed by atoms with van der Waals surface area (Å²) in [5, 5.41) is 2.93. The van der Waals surface area contributed by atoms with Crippen LogP contribution in [0.5, 0.6) is 17.2 Å². The zero-order valence-electron chi connectivity index (χ0n) is 16.6. The van der Waals surface area contributed by atoms with E-state index in [1.807, 2.05) is 0 Å². The van der Waals surface area contributed by atoms with Crippen LogP contribution in [-0.2, 0) is 25.5 Å². The van der Waals surface area contributed by atoms with E-state index in [1.165, 1.54) is 20.3 Å². The maximum absolute atomic E-state index is 13.1. The van der Waals surface area contributed by atoms with Gasteiger partial charge in [-0.05, 0) is 23.8 Å². The maximum atomic E-state index is 13.1. The van der Waals surface area contributed by atoms with Crippen LogP contribution in [0.3, 0.4) is 0 Å². The van der Waals surface area contributed by atoms with Gasteiger partial charge in [-0.2, -0.15) is 26.3 Å². The smallest absolute Gasteiger partial charge is 0.416 e. The predicted molar refractivity (Wildman–Crippen MR) is 101 cm³/mol. The summed E-state index contributed by atoms with van der Waals surface area (Å²) in [6.07, 6.45) is -4.69. The largest absolute Gasteiger partial charge is 0.496 e. The van der Waals surface area contributed by atoms with E-state index in [2.05, 4.69) is 11.2 Å². The molecule has 2 aromatic carbocycles. The molecule has 0 saturated carbocycles. The predicted octanol–water partition coefficient (Wildman–Crippen LogP) is 5.04. The van der Waals surface area contributed by atoms with Crippen LogP contribution in [0.4, 0.5) is 26.3 Å². The fourth-order valence-electron chi connectivity index (χ4n) is 2.72. The Bertz CT molecular complexity index is 916. The number of methoxy groups -OCH3 is 2. The summed E-state index contributed by atoms with van der Waals surface area (Å²) in [5.74, 6) is 3.22. The summed E-state index contributed by atoms with van der Waals surface area (Å²) in [5.41, 5.74) is -2.66. The van der Waals surface area contributed by atoms with E-state index in [-0.39, 0.29) is 30.5 Å². The highest BCUT2D eigenvalue weighted by atomic mass is 19.4. The molecule has 0 atom stereocenters. The Morgan fingerprint density at radius 1 is 0.871 bits per heavy atom. The van der Waals surface area contributed by atoms with Gasteiger partial charge in [-0.25, -0.2) is 0 Å². The molecule has 0 heterocycles. The van der Waals surface area contributed by atoms with E-state index >= 15 is 0 Å². The van der Waals surface area contributed by atoms with Gasteiger partial charge in [0, 0.05) is 18.7 Å².